The average Bonchev–Trinajstić information content (AvgIpc) is 3.02. The molecule has 1 saturated heterocycles. The van der Waals surface area contributed by atoms with Gasteiger partial charge in [-0.3, -0.25) is 0 Å². The van der Waals surface area contributed by atoms with Crippen LogP contribution in [0.4, 0.5) is 5.82 Å². The topological polar surface area (TPSA) is 85.5 Å². The quantitative estimate of drug-likeness (QED) is 0.924. The Morgan fingerprint density at radius 2 is 2.19 bits per heavy atom. The Kier molecular flexibility index (Phi) is 3.94. The first kappa shape index (κ1) is 14.5. The summed E-state index contributed by atoms with van der Waals surface area (Å²) in [6.45, 7) is 0.932. The number of morpholine rings is 1. The van der Waals surface area contributed by atoms with Crippen molar-refractivity contribution in [3.8, 4) is 0 Å². The van der Waals surface area contributed by atoms with Crippen LogP contribution in [0.15, 0.2) is 39.9 Å². The minimum atomic E-state index is -3.46. The molecule has 2 N–H and O–H groups in total. The summed E-state index contributed by atoms with van der Waals surface area (Å²) in [4.78, 5) is 4.21. The Morgan fingerprint density at radius 1 is 1.33 bits per heavy atom. The lowest BCUT2D eigenvalue weighted by atomic mass is 10.2. The Balaban J connectivity index is 1.83. The van der Waals surface area contributed by atoms with Crippen molar-refractivity contribution in [1.29, 1.82) is 0 Å². The molecule has 6 nitrogen and oxygen atoms in total. The van der Waals surface area contributed by atoms with Crippen molar-refractivity contribution in [2.24, 2.45) is 0 Å². The number of pyridine rings is 1. The summed E-state index contributed by atoms with van der Waals surface area (Å²) in [5.74, 6) is 0.398. The van der Waals surface area contributed by atoms with Crippen molar-refractivity contribution in [3.05, 3.63) is 41.4 Å². The van der Waals surface area contributed by atoms with Crippen molar-refractivity contribution < 1.29 is 13.2 Å². The number of hydrogen-bond acceptors (Lipinski definition) is 6. The monoisotopic (exact) mass is 325 g/mol. The van der Waals surface area contributed by atoms with Gasteiger partial charge >= 0.3 is 0 Å². The molecule has 112 valence electrons. The molecule has 3 heterocycles. The van der Waals surface area contributed by atoms with Crippen LogP contribution in [0.25, 0.3) is 0 Å². The molecule has 0 radical (unpaired) electrons. The zero-order valence-corrected chi connectivity index (χ0v) is 12.8. The number of sulfonamides is 1. The molecule has 0 aromatic carbocycles. The fourth-order valence-corrected chi connectivity index (χ4v) is 4.78. The van der Waals surface area contributed by atoms with Crippen LogP contribution in [-0.2, 0) is 14.8 Å². The predicted octanol–water partition coefficient (Wildman–Crippen LogP) is 1.49. The third-order valence-corrected chi connectivity index (χ3v) is 6.48. The van der Waals surface area contributed by atoms with Gasteiger partial charge in [0.25, 0.3) is 10.0 Å². The van der Waals surface area contributed by atoms with Gasteiger partial charge in [0.2, 0.25) is 0 Å². The standard InChI is InChI=1S/C13H15N3O3S2/c14-12-4-1-3-10(15-12)11-9-16(6-7-19-11)21(17,18)13-5-2-8-20-13/h1-5,8,11H,6-7,9H2,(H2,14,15). The average molecular weight is 325 g/mol. The highest BCUT2D eigenvalue weighted by Crippen LogP contribution is 2.27. The molecule has 0 spiro atoms. The van der Waals surface area contributed by atoms with Gasteiger partial charge in [0.15, 0.2) is 0 Å². The summed E-state index contributed by atoms with van der Waals surface area (Å²) in [5.41, 5.74) is 6.32. The fraction of sp³-hybridized carbons (Fsp3) is 0.308. The summed E-state index contributed by atoms with van der Waals surface area (Å²) in [7, 11) is -3.46. The highest BCUT2D eigenvalue weighted by Gasteiger charge is 2.32. The summed E-state index contributed by atoms with van der Waals surface area (Å²) >= 11 is 1.22. The van der Waals surface area contributed by atoms with E-state index < -0.39 is 16.1 Å². The molecule has 0 amide bonds. The molecule has 1 aliphatic rings. The minimum Gasteiger partial charge on any atom is -0.384 e. The molecular weight excluding hydrogens is 310 g/mol. The SMILES string of the molecule is Nc1cccc(C2CN(S(=O)(=O)c3cccs3)CCO2)n1. The number of thiophene rings is 1. The van der Waals surface area contributed by atoms with Gasteiger partial charge in [0, 0.05) is 13.1 Å². The van der Waals surface area contributed by atoms with E-state index in [1.807, 2.05) is 0 Å². The third kappa shape index (κ3) is 2.93. The van der Waals surface area contributed by atoms with E-state index in [1.165, 1.54) is 15.6 Å². The molecule has 0 saturated carbocycles. The van der Waals surface area contributed by atoms with Gasteiger partial charge in [0.1, 0.15) is 16.1 Å². The fourth-order valence-electron chi connectivity index (χ4n) is 2.21. The zero-order valence-electron chi connectivity index (χ0n) is 11.2. The van der Waals surface area contributed by atoms with Gasteiger partial charge in [0.05, 0.1) is 12.3 Å². The first-order chi connectivity index (χ1) is 10.1. The largest absolute Gasteiger partial charge is 0.384 e. The number of ether oxygens (including phenoxy) is 1. The number of anilines is 1. The molecule has 1 atom stereocenters. The second-order valence-electron chi connectivity index (χ2n) is 4.64. The molecule has 3 rings (SSSR count). The highest BCUT2D eigenvalue weighted by atomic mass is 32.2. The Bertz CT molecular complexity index is 716. The molecule has 21 heavy (non-hydrogen) atoms. The van der Waals surface area contributed by atoms with Gasteiger partial charge in [-0.15, -0.1) is 11.3 Å². The van der Waals surface area contributed by atoms with Gasteiger partial charge in [-0.2, -0.15) is 4.31 Å². The summed E-state index contributed by atoms with van der Waals surface area (Å²) in [6, 6.07) is 8.61. The highest BCUT2D eigenvalue weighted by molar-refractivity contribution is 7.91. The number of nitrogen functional groups attached to an aromatic ring is 1. The normalized spacial score (nSPS) is 20.5. The van der Waals surface area contributed by atoms with Crippen LogP contribution in [-0.4, -0.2) is 37.4 Å². The first-order valence-electron chi connectivity index (χ1n) is 6.45. The van der Waals surface area contributed by atoms with Crippen LogP contribution < -0.4 is 5.73 Å². The lowest BCUT2D eigenvalue weighted by molar-refractivity contribution is -0.00480. The number of hydrogen-bond donors (Lipinski definition) is 1. The van der Waals surface area contributed by atoms with E-state index in [0.717, 1.165) is 0 Å². The molecule has 0 bridgehead atoms. The van der Waals surface area contributed by atoms with Crippen molar-refractivity contribution in [2.75, 3.05) is 25.4 Å². The van der Waals surface area contributed by atoms with E-state index in [4.69, 9.17) is 10.5 Å². The van der Waals surface area contributed by atoms with Crippen molar-refractivity contribution >= 4 is 27.2 Å². The molecule has 0 aliphatic carbocycles. The Hall–Kier alpha value is -1.48. The Morgan fingerprint density at radius 3 is 2.90 bits per heavy atom. The summed E-state index contributed by atoms with van der Waals surface area (Å²) in [5, 5.41) is 1.75. The molecule has 2 aromatic rings. The molecule has 1 aliphatic heterocycles. The van der Waals surface area contributed by atoms with Gasteiger partial charge in [-0.05, 0) is 23.6 Å². The second-order valence-corrected chi connectivity index (χ2v) is 7.75. The molecule has 1 fully saturated rings. The van der Waals surface area contributed by atoms with Gasteiger partial charge < -0.3 is 10.5 Å². The summed E-state index contributed by atoms with van der Waals surface area (Å²) in [6.07, 6.45) is -0.392. The van der Waals surface area contributed by atoms with E-state index >= 15 is 0 Å². The number of rotatable bonds is 3. The number of nitrogens with two attached hydrogens (primary N) is 1. The first-order valence-corrected chi connectivity index (χ1v) is 8.77. The van der Waals surface area contributed by atoms with Crippen LogP contribution in [0.2, 0.25) is 0 Å². The maximum absolute atomic E-state index is 12.5. The number of nitrogens with zero attached hydrogens (tertiary/aromatic N) is 2. The van der Waals surface area contributed by atoms with E-state index in [1.54, 1.807) is 35.7 Å². The minimum absolute atomic E-state index is 0.247. The van der Waals surface area contributed by atoms with E-state index in [-0.39, 0.29) is 6.54 Å². The third-order valence-electron chi connectivity index (χ3n) is 3.24. The van der Waals surface area contributed by atoms with Gasteiger partial charge in [-0.25, -0.2) is 13.4 Å². The van der Waals surface area contributed by atoms with E-state index in [0.29, 0.717) is 28.9 Å². The smallest absolute Gasteiger partial charge is 0.252 e. The zero-order chi connectivity index (χ0) is 14.9. The van der Waals surface area contributed by atoms with Gasteiger partial charge in [-0.1, -0.05) is 12.1 Å². The van der Waals surface area contributed by atoms with Crippen LogP contribution in [0, 0.1) is 0 Å². The van der Waals surface area contributed by atoms with E-state index in [9.17, 15) is 8.42 Å². The molecule has 8 heteroatoms. The maximum atomic E-state index is 12.5. The van der Waals surface area contributed by atoms with Crippen LogP contribution in [0.3, 0.4) is 0 Å². The van der Waals surface area contributed by atoms with Crippen molar-refractivity contribution in [3.63, 3.8) is 0 Å². The van der Waals surface area contributed by atoms with Crippen LogP contribution in [0.1, 0.15) is 11.8 Å². The lowest BCUT2D eigenvalue weighted by Crippen LogP contribution is -2.42. The number of aromatic nitrogens is 1. The van der Waals surface area contributed by atoms with Crippen molar-refractivity contribution in [2.45, 2.75) is 10.3 Å². The van der Waals surface area contributed by atoms with Crippen LogP contribution in [0.5, 0.6) is 0 Å². The predicted molar refractivity (Wildman–Crippen MR) is 80.4 cm³/mol. The Labute approximate surface area is 127 Å². The molecule has 2 aromatic heterocycles. The molecule has 1 unspecified atom stereocenters. The van der Waals surface area contributed by atoms with E-state index in [2.05, 4.69) is 4.98 Å². The van der Waals surface area contributed by atoms with Crippen molar-refractivity contribution in [1.82, 2.24) is 9.29 Å². The maximum Gasteiger partial charge on any atom is 0.252 e. The summed E-state index contributed by atoms with van der Waals surface area (Å²) < 4.78 is 32.5. The lowest BCUT2D eigenvalue weighted by Gasteiger charge is -2.31. The second kappa shape index (κ2) is 5.72. The van der Waals surface area contributed by atoms with Crippen LogP contribution >= 0.6 is 11.3 Å². The molecular formula is C13H15N3O3S2.